The van der Waals surface area contributed by atoms with Crippen molar-refractivity contribution in [2.45, 2.75) is 0 Å². The predicted octanol–water partition coefficient (Wildman–Crippen LogP) is -0.0516. The molecule has 2 aromatic rings. The third-order valence-electron chi connectivity index (χ3n) is 1.96. The number of pyridine rings is 1. The van der Waals surface area contributed by atoms with Gasteiger partial charge in [-0.2, -0.15) is 5.10 Å². The molecule has 2 heterocycles. The lowest BCUT2D eigenvalue weighted by molar-refractivity contribution is 0.100. The number of aromatic nitrogens is 3. The molecule has 0 saturated heterocycles. The Kier molecular flexibility index (Phi) is 2.09. The van der Waals surface area contributed by atoms with E-state index in [2.05, 4.69) is 10.1 Å². The molecule has 0 aromatic carbocycles. The fourth-order valence-electron chi connectivity index (χ4n) is 1.23. The molecule has 0 radical (unpaired) electrons. The Morgan fingerprint density at radius 3 is 2.73 bits per heavy atom. The van der Waals surface area contributed by atoms with Crippen LogP contribution in [0.4, 0.5) is 5.82 Å². The van der Waals surface area contributed by atoms with Crippen molar-refractivity contribution in [2.75, 3.05) is 5.73 Å². The van der Waals surface area contributed by atoms with Crippen LogP contribution in [0.1, 0.15) is 10.4 Å². The van der Waals surface area contributed by atoms with Crippen LogP contribution in [0.2, 0.25) is 0 Å². The molecule has 15 heavy (non-hydrogen) atoms. The van der Waals surface area contributed by atoms with Crippen LogP contribution in [0.15, 0.2) is 30.7 Å². The van der Waals surface area contributed by atoms with E-state index in [1.54, 1.807) is 24.5 Å². The van der Waals surface area contributed by atoms with Gasteiger partial charge < -0.3 is 11.5 Å². The maximum atomic E-state index is 10.9. The summed E-state index contributed by atoms with van der Waals surface area (Å²) in [5, 5.41) is 3.96. The highest BCUT2D eigenvalue weighted by Crippen LogP contribution is 2.15. The van der Waals surface area contributed by atoms with E-state index in [0.29, 0.717) is 5.69 Å². The van der Waals surface area contributed by atoms with Gasteiger partial charge in [0.05, 0.1) is 18.1 Å². The van der Waals surface area contributed by atoms with Crippen LogP contribution in [0.5, 0.6) is 0 Å². The van der Waals surface area contributed by atoms with Gasteiger partial charge in [0.1, 0.15) is 11.4 Å². The number of hydrogen-bond donors (Lipinski definition) is 2. The highest BCUT2D eigenvalue weighted by Gasteiger charge is 2.12. The van der Waals surface area contributed by atoms with Gasteiger partial charge in [-0.25, -0.2) is 4.68 Å². The van der Waals surface area contributed by atoms with Crippen LogP contribution in [0.25, 0.3) is 5.69 Å². The number of hydrogen-bond acceptors (Lipinski definition) is 4. The first kappa shape index (κ1) is 9.20. The normalized spacial score (nSPS) is 10.1. The van der Waals surface area contributed by atoms with Gasteiger partial charge in [-0.1, -0.05) is 0 Å². The van der Waals surface area contributed by atoms with Crippen LogP contribution < -0.4 is 11.5 Å². The Morgan fingerprint density at radius 2 is 2.20 bits per heavy atom. The summed E-state index contributed by atoms with van der Waals surface area (Å²) in [5.41, 5.74) is 11.7. The Bertz CT molecular complexity index is 490. The molecule has 2 rings (SSSR count). The van der Waals surface area contributed by atoms with Crippen molar-refractivity contribution in [3.63, 3.8) is 0 Å². The molecule has 0 spiro atoms. The molecular formula is C9H9N5O. The monoisotopic (exact) mass is 203 g/mol. The number of nitrogens with zero attached hydrogens (tertiary/aromatic N) is 3. The number of carbonyl (C=O) groups is 1. The minimum Gasteiger partial charge on any atom is -0.383 e. The number of rotatable bonds is 2. The lowest BCUT2D eigenvalue weighted by Gasteiger charge is -2.02. The van der Waals surface area contributed by atoms with Gasteiger partial charge in [-0.3, -0.25) is 9.78 Å². The Morgan fingerprint density at radius 1 is 1.40 bits per heavy atom. The fourth-order valence-corrected chi connectivity index (χ4v) is 1.23. The summed E-state index contributed by atoms with van der Waals surface area (Å²) in [6.07, 6.45) is 4.57. The summed E-state index contributed by atoms with van der Waals surface area (Å²) in [5.74, 6) is -0.377. The molecule has 0 aliphatic rings. The summed E-state index contributed by atoms with van der Waals surface area (Å²) in [4.78, 5) is 14.9. The van der Waals surface area contributed by atoms with Crippen LogP contribution in [-0.4, -0.2) is 20.7 Å². The average Bonchev–Trinajstić information content (AvgIpc) is 2.61. The number of nitrogen functional groups attached to an aromatic ring is 1. The second-order valence-corrected chi connectivity index (χ2v) is 2.93. The summed E-state index contributed by atoms with van der Waals surface area (Å²) in [6, 6.07) is 3.53. The minimum absolute atomic E-state index is 0.207. The van der Waals surface area contributed by atoms with Gasteiger partial charge in [0, 0.05) is 6.20 Å². The van der Waals surface area contributed by atoms with Crippen molar-refractivity contribution in [3.05, 3.63) is 36.3 Å². The third-order valence-corrected chi connectivity index (χ3v) is 1.96. The van der Waals surface area contributed by atoms with Gasteiger partial charge in [-0.15, -0.1) is 0 Å². The molecule has 6 nitrogen and oxygen atoms in total. The maximum Gasteiger partial charge on any atom is 0.254 e. The van der Waals surface area contributed by atoms with Crippen molar-refractivity contribution >= 4 is 11.7 Å². The Balaban J connectivity index is 2.52. The van der Waals surface area contributed by atoms with E-state index in [1.165, 1.54) is 10.9 Å². The van der Waals surface area contributed by atoms with E-state index in [-0.39, 0.29) is 11.4 Å². The lowest BCUT2D eigenvalue weighted by atomic mass is 10.3. The van der Waals surface area contributed by atoms with E-state index in [0.717, 1.165) is 0 Å². The van der Waals surface area contributed by atoms with Gasteiger partial charge >= 0.3 is 0 Å². The quantitative estimate of drug-likeness (QED) is 0.714. The number of amides is 1. The molecule has 76 valence electrons. The van der Waals surface area contributed by atoms with E-state index >= 15 is 0 Å². The minimum atomic E-state index is -0.595. The highest BCUT2D eigenvalue weighted by atomic mass is 16.1. The summed E-state index contributed by atoms with van der Waals surface area (Å²) in [6.45, 7) is 0. The number of anilines is 1. The van der Waals surface area contributed by atoms with Gasteiger partial charge in [-0.05, 0) is 12.1 Å². The topological polar surface area (TPSA) is 99.8 Å². The van der Waals surface area contributed by atoms with Crippen LogP contribution in [-0.2, 0) is 0 Å². The van der Waals surface area contributed by atoms with Crippen LogP contribution in [0, 0.1) is 0 Å². The second-order valence-electron chi connectivity index (χ2n) is 2.93. The van der Waals surface area contributed by atoms with Gasteiger partial charge in [0.25, 0.3) is 5.91 Å². The fraction of sp³-hybridized carbons (Fsp3) is 0. The Labute approximate surface area is 85.5 Å². The first-order valence-electron chi connectivity index (χ1n) is 4.24. The molecule has 4 N–H and O–H groups in total. The molecule has 2 aromatic heterocycles. The van der Waals surface area contributed by atoms with E-state index in [9.17, 15) is 4.79 Å². The number of nitrogens with two attached hydrogens (primary N) is 2. The zero-order valence-corrected chi connectivity index (χ0v) is 7.79. The molecule has 0 unspecified atom stereocenters. The van der Waals surface area contributed by atoms with E-state index in [1.807, 2.05) is 0 Å². The molecule has 0 saturated carbocycles. The van der Waals surface area contributed by atoms with E-state index < -0.39 is 5.91 Å². The Hall–Kier alpha value is -2.37. The SMILES string of the molecule is NC(=O)c1cnn(-c2cccnc2)c1N. The third kappa shape index (κ3) is 1.52. The summed E-state index contributed by atoms with van der Waals surface area (Å²) in [7, 11) is 0. The lowest BCUT2D eigenvalue weighted by Crippen LogP contribution is -2.13. The molecular weight excluding hydrogens is 194 g/mol. The standard InChI is InChI=1S/C9H9N5O/c10-8-7(9(11)15)5-13-14(8)6-2-1-3-12-4-6/h1-5H,10H2,(H2,11,15). The molecule has 0 aliphatic heterocycles. The largest absolute Gasteiger partial charge is 0.383 e. The number of primary amides is 1. The molecule has 0 atom stereocenters. The van der Waals surface area contributed by atoms with Crippen molar-refractivity contribution in [1.29, 1.82) is 0 Å². The maximum absolute atomic E-state index is 10.9. The first-order chi connectivity index (χ1) is 7.20. The average molecular weight is 203 g/mol. The summed E-state index contributed by atoms with van der Waals surface area (Å²) >= 11 is 0. The van der Waals surface area contributed by atoms with Crippen molar-refractivity contribution < 1.29 is 4.79 Å². The molecule has 0 fully saturated rings. The van der Waals surface area contributed by atoms with Gasteiger partial charge in [0.15, 0.2) is 0 Å². The predicted molar refractivity (Wildman–Crippen MR) is 54.3 cm³/mol. The molecule has 6 heteroatoms. The summed E-state index contributed by atoms with van der Waals surface area (Å²) < 4.78 is 1.41. The number of carbonyl (C=O) groups excluding carboxylic acids is 1. The zero-order valence-electron chi connectivity index (χ0n) is 7.79. The molecule has 0 bridgehead atoms. The van der Waals surface area contributed by atoms with Crippen molar-refractivity contribution in [2.24, 2.45) is 5.73 Å². The van der Waals surface area contributed by atoms with Gasteiger partial charge in [0.2, 0.25) is 0 Å². The first-order valence-corrected chi connectivity index (χ1v) is 4.24. The highest BCUT2D eigenvalue weighted by molar-refractivity contribution is 5.97. The second kappa shape index (κ2) is 3.41. The smallest absolute Gasteiger partial charge is 0.254 e. The van der Waals surface area contributed by atoms with Crippen LogP contribution in [0.3, 0.4) is 0 Å². The van der Waals surface area contributed by atoms with Crippen LogP contribution >= 0.6 is 0 Å². The molecule has 1 amide bonds. The zero-order chi connectivity index (χ0) is 10.8. The van der Waals surface area contributed by atoms with Crippen molar-refractivity contribution in [3.8, 4) is 5.69 Å². The van der Waals surface area contributed by atoms with E-state index in [4.69, 9.17) is 11.5 Å². The van der Waals surface area contributed by atoms with Crippen molar-refractivity contribution in [1.82, 2.24) is 14.8 Å². The molecule has 0 aliphatic carbocycles.